The monoisotopic (exact) mass is 237 g/mol. The highest BCUT2D eigenvalue weighted by Crippen LogP contribution is 2.24. The van der Waals surface area contributed by atoms with Crippen LogP contribution in [0.1, 0.15) is 12.0 Å². The fourth-order valence-corrected chi connectivity index (χ4v) is 2.97. The van der Waals surface area contributed by atoms with Gasteiger partial charge < -0.3 is 10.4 Å². The second-order valence-electron chi connectivity index (χ2n) is 3.95. The van der Waals surface area contributed by atoms with Crippen molar-refractivity contribution in [2.75, 3.05) is 6.54 Å². The minimum absolute atomic E-state index is 0.353. The van der Waals surface area contributed by atoms with E-state index in [1.54, 1.807) is 0 Å². The van der Waals surface area contributed by atoms with E-state index in [4.69, 9.17) is 5.11 Å². The molecule has 1 heterocycles. The fourth-order valence-electron chi connectivity index (χ4n) is 1.81. The van der Waals surface area contributed by atoms with Gasteiger partial charge in [-0.05, 0) is 12.0 Å². The molecule has 0 aromatic heterocycles. The Balaban J connectivity index is 1.78. The van der Waals surface area contributed by atoms with Crippen molar-refractivity contribution in [1.82, 2.24) is 5.32 Å². The second-order valence-corrected chi connectivity index (χ2v) is 5.24. The van der Waals surface area contributed by atoms with E-state index in [2.05, 4.69) is 17.4 Å². The highest BCUT2D eigenvalue weighted by atomic mass is 32.2. The van der Waals surface area contributed by atoms with E-state index >= 15 is 0 Å². The third-order valence-corrected chi connectivity index (χ3v) is 4.05. The molecule has 1 saturated heterocycles. The Labute approximate surface area is 99.2 Å². The number of benzene rings is 1. The quantitative estimate of drug-likeness (QED) is 0.837. The van der Waals surface area contributed by atoms with Gasteiger partial charge in [0.25, 0.3) is 0 Å². The molecule has 0 aliphatic carbocycles. The Hall–Kier alpha value is -1.00. The molecule has 1 aliphatic heterocycles. The van der Waals surface area contributed by atoms with Crippen LogP contribution in [0.5, 0.6) is 0 Å². The molecule has 1 aromatic carbocycles. The number of nitrogens with one attached hydrogen (secondary N) is 1. The van der Waals surface area contributed by atoms with Gasteiger partial charge in [0.15, 0.2) is 0 Å². The third-order valence-electron chi connectivity index (χ3n) is 2.72. The van der Waals surface area contributed by atoms with Gasteiger partial charge in [0, 0.05) is 17.5 Å². The SMILES string of the molecule is O=C(O)C1C[C@H](SCc2ccccc2)CN1. The van der Waals surface area contributed by atoms with Crippen molar-refractivity contribution < 1.29 is 9.90 Å². The summed E-state index contributed by atoms with van der Waals surface area (Å²) in [6.45, 7) is 0.800. The van der Waals surface area contributed by atoms with Gasteiger partial charge >= 0.3 is 5.97 Å². The average molecular weight is 237 g/mol. The molecule has 0 radical (unpaired) electrons. The molecule has 16 heavy (non-hydrogen) atoms. The van der Waals surface area contributed by atoms with Crippen molar-refractivity contribution >= 4 is 17.7 Å². The minimum atomic E-state index is -0.734. The van der Waals surface area contributed by atoms with Gasteiger partial charge in [0.1, 0.15) is 6.04 Å². The van der Waals surface area contributed by atoms with Gasteiger partial charge in [-0.25, -0.2) is 0 Å². The van der Waals surface area contributed by atoms with E-state index in [1.165, 1.54) is 5.56 Å². The van der Waals surface area contributed by atoms with Gasteiger partial charge in [0.05, 0.1) is 0 Å². The minimum Gasteiger partial charge on any atom is -0.480 e. The lowest BCUT2D eigenvalue weighted by atomic mass is 10.2. The van der Waals surface area contributed by atoms with E-state index in [0.29, 0.717) is 5.25 Å². The largest absolute Gasteiger partial charge is 0.480 e. The zero-order valence-corrected chi connectivity index (χ0v) is 9.74. The zero-order chi connectivity index (χ0) is 11.4. The first-order valence-corrected chi connectivity index (χ1v) is 6.42. The molecular formula is C12H15NO2S. The van der Waals surface area contributed by atoms with E-state index in [-0.39, 0.29) is 6.04 Å². The molecule has 1 unspecified atom stereocenters. The first kappa shape index (κ1) is 11.5. The molecule has 2 rings (SSSR count). The van der Waals surface area contributed by atoms with Crippen LogP contribution >= 0.6 is 11.8 Å². The number of aliphatic carboxylic acids is 1. The number of thioether (sulfide) groups is 1. The Bertz CT molecular complexity index is 355. The molecule has 0 amide bonds. The van der Waals surface area contributed by atoms with Crippen molar-refractivity contribution in [1.29, 1.82) is 0 Å². The number of carbonyl (C=O) groups is 1. The smallest absolute Gasteiger partial charge is 0.320 e. The van der Waals surface area contributed by atoms with Crippen LogP contribution < -0.4 is 5.32 Å². The number of carboxylic acid groups (broad SMARTS) is 1. The van der Waals surface area contributed by atoms with Crippen LogP contribution in [0.4, 0.5) is 0 Å². The maximum absolute atomic E-state index is 10.7. The predicted molar refractivity (Wildman–Crippen MR) is 65.6 cm³/mol. The van der Waals surface area contributed by atoms with Crippen molar-refractivity contribution in [2.45, 2.75) is 23.5 Å². The predicted octanol–water partition coefficient (Wildman–Crippen LogP) is 1.73. The Morgan fingerprint density at radius 3 is 2.81 bits per heavy atom. The highest BCUT2D eigenvalue weighted by molar-refractivity contribution is 7.99. The first-order valence-electron chi connectivity index (χ1n) is 5.37. The van der Waals surface area contributed by atoms with Crippen LogP contribution in [0.15, 0.2) is 30.3 Å². The summed E-state index contributed by atoms with van der Waals surface area (Å²) < 4.78 is 0. The topological polar surface area (TPSA) is 49.3 Å². The van der Waals surface area contributed by atoms with Gasteiger partial charge in [-0.3, -0.25) is 4.79 Å². The Morgan fingerprint density at radius 2 is 2.19 bits per heavy atom. The van der Waals surface area contributed by atoms with Gasteiger partial charge in [0.2, 0.25) is 0 Å². The van der Waals surface area contributed by atoms with Crippen LogP contribution in [0.25, 0.3) is 0 Å². The molecule has 1 fully saturated rings. The molecule has 4 heteroatoms. The molecule has 2 atom stereocenters. The second kappa shape index (κ2) is 5.37. The fraction of sp³-hybridized carbons (Fsp3) is 0.417. The van der Waals surface area contributed by atoms with Crippen LogP contribution in [0.3, 0.4) is 0 Å². The van der Waals surface area contributed by atoms with Crippen molar-refractivity contribution in [3.05, 3.63) is 35.9 Å². The zero-order valence-electron chi connectivity index (χ0n) is 8.93. The Morgan fingerprint density at radius 1 is 1.44 bits per heavy atom. The third kappa shape index (κ3) is 3.00. The summed E-state index contributed by atoms with van der Waals surface area (Å²) in [5.74, 6) is 0.224. The highest BCUT2D eigenvalue weighted by Gasteiger charge is 2.29. The molecule has 0 saturated carbocycles. The first-order chi connectivity index (χ1) is 7.75. The number of hydrogen-bond donors (Lipinski definition) is 2. The average Bonchev–Trinajstić information content (AvgIpc) is 2.76. The lowest BCUT2D eigenvalue weighted by Gasteiger charge is -2.07. The molecule has 0 bridgehead atoms. The van der Waals surface area contributed by atoms with E-state index in [0.717, 1.165) is 18.7 Å². The Kier molecular flexibility index (Phi) is 3.85. The van der Waals surface area contributed by atoms with Crippen LogP contribution in [0.2, 0.25) is 0 Å². The summed E-state index contributed by atoms with van der Waals surface area (Å²) in [5.41, 5.74) is 1.30. The van der Waals surface area contributed by atoms with Crippen molar-refractivity contribution in [2.24, 2.45) is 0 Å². The molecule has 1 aromatic rings. The maximum Gasteiger partial charge on any atom is 0.320 e. The normalized spacial score (nSPS) is 24.5. The maximum atomic E-state index is 10.7. The number of rotatable bonds is 4. The van der Waals surface area contributed by atoms with Gasteiger partial charge in [-0.15, -0.1) is 0 Å². The lowest BCUT2D eigenvalue weighted by Crippen LogP contribution is -2.29. The standard InChI is InChI=1S/C12H15NO2S/c14-12(15)11-6-10(7-13-11)16-8-9-4-2-1-3-5-9/h1-5,10-11,13H,6-8H2,(H,14,15)/t10-,11?/m0/s1. The summed E-state index contributed by atoms with van der Waals surface area (Å²) in [4.78, 5) is 10.7. The van der Waals surface area contributed by atoms with Crippen molar-refractivity contribution in [3.8, 4) is 0 Å². The summed E-state index contributed by atoms with van der Waals surface area (Å²) in [6.07, 6.45) is 0.729. The van der Waals surface area contributed by atoms with Crippen LogP contribution in [-0.2, 0) is 10.5 Å². The van der Waals surface area contributed by atoms with Crippen LogP contribution in [0, 0.1) is 0 Å². The molecule has 1 aliphatic rings. The van der Waals surface area contributed by atoms with Gasteiger partial charge in [-0.1, -0.05) is 30.3 Å². The van der Waals surface area contributed by atoms with E-state index in [1.807, 2.05) is 30.0 Å². The molecular weight excluding hydrogens is 222 g/mol. The summed E-state index contributed by atoms with van der Waals surface area (Å²) >= 11 is 1.83. The number of carboxylic acids is 1. The molecule has 0 spiro atoms. The summed E-state index contributed by atoms with van der Waals surface area (Å²) in [7, 11) is 0. The summed E-state index contributed by atoms with van der Waals surface area (Å²) in [5, 5.41) is 12.3. The lowest BCUT2D eigenvalue weighted by molar-refractivity contribution is -0.139. The molecule has 3 nitrogen and oxygen atoms in total. The molecule has 2 N–H and O–H groups in total. The van der Waals surface area contributed by atoms with Crippen molar-refractivity contribution in [3.63, 3.8) is 0 Å². The van der Waals surface area contributed by atoms with Crippen LogP contribution in [-0.4, -0.2) is 28.9 Å². The molecule has 86 valence electrons. The van der Waals surface area contributed by atoms with E-state index in [9.17, 15) is 4.79 Å². The summed E-state index contributed by atoms with van der Waals surface area (Å²) in [6, 6.07) is 9.92. The van der Waals surface area contributed by atoms with Gasteiger partial charge in [-0.2, -0.15) is 11.8 Å². The van der Waals surface area contributed by atoms with E-state index < -0.39 is 5.97 Å². The number of hydrogen-bond acceptors (Lipinski definition) is 3.